The van der Waals surface area contributed by atoms with E-state index in [2.05, 4.69) is 0 Å². The third kappa shape index (κ3) is 4.08. The quantitative estimate of drug-likeness (QED) is 0.743. The molecular formula is C18H20F3NO2. The van der Waals surface area contributed by atoms with Crippen LogP contribution in [0.4, 0.5) is 13.2 Å². The van der Waals surface area contributed by atoms with Gasteiger partial charge in [0.25, 0.3) is 0 Å². The number of ether oxygens (including phenoxy) is 1. The Kier molecular flexibility index (Phi) is 5.53. The molecule has 0 aliphatic heterocycles. The van der Waals surface area contributed by atoms with Crippen LogP contribution in [0.15, 0.2) is 18.2 Å². The summed E-state index contributed by atoms with van der Waals surface area (Å²) >= 11 is 0. The Morgan fingerprint density at radius 2 is 1.96 bits per heavy atom. The van der Waals surface area contributed by atoms with Crippen LogP contribution in [-0.4, -0.2) is 12.1 Å². The molecule has 0 heterocycles. The van der Waals surface area contributed by atoms with Gasteiger partial charge in [-0.05, 0) is 37.0 Å². The van der Waals surface area contributed by atoms with Crippen molar-refractivity contribution in [3.8, 4) is 6.07 Å². The van der Waals surface area contributed by atoms with Crippen molar-refractivity contribution < 1.29 is 22.7 Å². The van der Waals surface area contributed by atoms with Gasteiger partial charge in [0.1, 0.15) is 6.10 Å². The van der Waals surface area contributed by atoms with Crippen molar-refractivity contribution >= 4 is 5.97 Å². The van der Waals surface area contributed by atoms with E-state index >= 15 is 0 Å². The summed E-state index contributed by atoms with van der Waals surface area (Å²) in [5, 5.41) is 8.90. The fourth-order valence-electron chi connectivity index (χ4n) is 3.03. The van der Waals surface area contributed by atoms with Gasteiger partial charge in [-0.1, -0.05) is 26.3 Å². The van der Waals surface area contributed by atoms with Crippen molar-refractivity contribution in [1.82, 2.24) is 0 Å². The van der Waals surface area contributed by atoms with Crippen LogP contribution in [0.2, 0.25) is 0 Å². The van der Waals surface area contributed by atoms with E-state index in [0.29, 0.717) is 18.4 Å². The highest BCUT2D eigenvalue weighted by atomic mass is 19.4. The summed E-state index contributed by atoms with van der Waals surface area (Å²) in [4.78, 5) is 11.9. The van der Waals surface area contributed by atoms with Crippen LogP contribution >= 0.6 is 0 Å². The maximum absolute atomic E-state index is 13.2. The van der Waals surface area contributed by atoms with E-state index in [0.717, 1.165) is 18.9 Å². The Balaban J connectivity index is 2.34. The van der Waals surface area contributed by atoms with Gasteiger partial charge in [-0.15, -0.1) is 0 Å². The van der Waals surface area contributed by atoms with E-state index in [1.165, 1.54) is 6.07 Å². The van der Waals surface area contributed by atoms with Gasteiger partial charge in [0, 0.05) is 5.92 Å². The third-order valence-electron chi connectivity index (χ3n) is 4.34. The average molecular weight is 339 g/mol. The van der Waals surface area contributed by atoms with Crippen LogP contribution in [0.25, 0.3) is 0 Å². The van der Waals surface area contributed by atoms with Crippen LogP contribution in [-0.2, 0) is 15.7 Å². The van der Waals surface area contributed by atoms with Crippen LogP contribution < -0.4 is 0 Å². The Hall–Kier alpha value is -2.03. The first-order chi connectivity index (χ1) is 11.2. The molecule has 2 atom stereocenters. The first-order valence-corrected chi connectivity index (χ1v) is 8.05. The lowest BCUT2D eigenvalue weighted by atomic mass is 9.80. The molecule has 2 rings (SSSR count). The van der Waals surface area contributed by atoms with Gasteiger partial charge >= 0.3 is 12.1 Å². The summed E-state index contributed by atoms with van der Waals surface area (Å²) in [5.74, 6) is -0.883. The van der Waals surface area contributed by atoms with Gasteiger partial charge in [-0.3, -0.25) is 4.79 Å². The van der Waals surface area contributed by atoms with Gasteiger partial charge < -0.3 is 4.74 Å². The zero-order chi connectivity index (χ0) is 17.9. The predicted molar refractivity (Wildman–Crippen MR) is 82.1 cm³/mol. The van der Waals surface area contributed by atoms with E-state index in [1.54, 1.807) is 26.0 Å². The highest BCUT2D eigenvalue weighted by Crippen LogP contribution is 2.39. The molecule has 6 heteroatoms. The van der Waals surface area contributed by atoms with Crippen LogP contribution in [0.1, 0.15) is 62.1 Å². The van der Waals surface area contributed by atoms with E-state index in [4.69, 9.17) is 10.00 Å². The second kappa shape index (κ2) is 7.25. The molecule has 0 radical (unpaired) electrons. The molecule has 0 spiro atoms. The molecule has 1 fully saturated rings. The molecule has 1 aliphatic rings. The fraction of sp³-hybridized carbons (Fsp3) is 0.556. The van der Waals surface area contributed by atoms with E-state index in [-0.39, 0.29) is 17.8 Å². The van der Waals surface area contributed by atoms with Crippen molar-refractivity contribution in [1.29, 1.82) is 5.26 Å². The van der Waals surface area contributed by atoms with Crippen molar-refractivity contribution in [3.63, 3.8) is 0 Å². The number of carbonyl (C=O) groups is 1. The third-order valence-corrected chi connectivity index (χ3v) is 4.34. The highest BCUT2D eigenvalue weighted by molar-refractivity contribution is 5.71. The van der Waals surface area contributed by atoms with Gasteiger partial charge in [0.2, 0.25) is 0 Å². The number of nitrogens with zero attached hydrogens (tertiary/aromatic N) is 1. The first kappa shape index (κ1) is 18.3. The molecule has 1 aromatic carbocycles. The molecule has 0 N–H and O–H groups in total. The molecule has 0 aromatic heterocycles. The molecular weight excluding hydrogens is 319 g/mol. The lowest BCUT2D eigenvalue weighted by Crippen LogP contribution is -2.30. The number of rotatable bonds is 3. The molecule has 130 valence electrons. The number of nitriles is 1. The van der Waals surface area contributed by atoms with E-state index in [1.807, 2.05) is 0 Å². The van der Waals surface area contributed by atoms with Gasteiger partial charge in [0.05, 0.1) is 23.1 Å². The number of alkyl halides is 3. The molecule has 24 heavy (non-hydrogen) atoms. The number of esters is 1. The zero-order valence-corrected chi connectivity index (χ0v) is 13.7. The predicted octanol–water partition coefficient (Wildman–Crippen LogP) is 4.80. The first-order valence-electron chi connectivity index (χ1n) is 8.05. The van der Waals surface area contributed by atoms with Crippen LogP contribution in [0.3, 0.4) is 0 Å². The topological polar surface area (TPSA) is 50.1 Å². The van der Waals surface area contributed by atoms with Crippen molar-refractivity contribution in [3.05, 3.63) is 34.9 Å². The SMILES string of the molecule is CC(C)C(=O)O[C@H]1CCCC[C@H]1c1ccc(C#N)c(C(F)(F)F)c1. The minimum Gasteiger partial charge on any atom is -0.462 e. The maximum Gasteiger partial charge on any atom is 0.417 e. The smallest absolute Gasteiger partial charge is 0.417 e. The van der Waals surface area contributed by atoms with Crippen LogP contribution in [0, 0.1) is 17.2 Å². The highest BCUT2D eigenvalue weighted by Gasteiger charge is 2.36. The summed E-state index contributed by atoms with van der Waals surface area (Å²) in [7, 11) is 0. The molecule has 0 bridgehead atoms. The molecule has 0 unspecified atom stereocenters. The normalized spacial score (nSPS) is 21.4. The second-order valence-electron chi connectivity index (χ2n) is 6.44. The van der Waals surface area contributed by atoms with Crippen molar-refractivity contribution in [2.75, 3.05) is 0 Å². The maximum atomic E-state index is 13.2. The Morgan fingerprint density at radius 3 is 2.54 bits per heavy atom. The molecule has 1 aromatic rings. The summed E-state index contributed by atoms with van der Waals surface area (Å²) in [6.45, 7) is 3.45. The number of halogens is 3. The minimum atomic E-state index is -4.58. The van der Waals surface area contributed by atoms with Gasteiger partial charge in [-0.25, -0.2) is 0 Å². The zero-order valence-electron chi connectivity index (χ0n) is 13.7. The Labute approximate surface area is 139 Å². The van der Waals surface area contributed by atoms with Gasteiger partial charge in [-0.2, -0.15) is 18.4 Å². The second-order valence-corrected chi connectivity index (χ2v) is 6.44. The van der Waals surface area contributed by atoms with Crippen molar-refractivity contribution in [2.24, 2.45) is 5.92 Å². The minimum absolute atomic E-state index is 0.268. The molecule has 0 amide bonds. The van der Waals surface area contributed by atoms with Crippen LogP contribution in [0.5, 0.6) is 0 Å². The standard InChI is InChI=1S/C18H20F3NO2/c1-11(2)17(23)24-16-6-4-3-5-14(16)12-7-8-13(10-22)15(9-12)18(19,20)21/h7-9,11,14,16H,3-6H2,1-2H3/t14-,16-/m0/s1. The fourth-order valence-corrected chi connectivity index (χ4v) is 3.03. The lowest BCUT2D eigenvalue weighted by Gasteiger charge is -2.32. The monoisotopic (exact) mass is 339 g/mol. The Morgan fingerprint density at radius 1 is 1.29 bits per heavy atom. The molecule has 1 saturated carbocycles. The summed E-state index contributed by atoms with van der Waals surface area (Å²) in [6.07, 6.45) is -1.93. The summed E-state index contributed by atoms with van der Waals surface area (Å²) < 4.78 is 45.0. The van der Waals surface area contributed by atoms with Gasteiger partial charge in [0.15, 0.2) is 0 Å². The van der Waals surface area contributed by atoms with Crippen molar-refractivity contribution in [2.45, 2.75) is 57.7 Å². The molecule has 1 aliphatic carbocycles. The molecule has 3 nitrogen and oxygen atoms in total. The summed E-state index contributed by atoms with van der Waals surface area (Å²) in [5.41, 5.74) is -0.845. The number of carbonyl (C=O) groups excluding carboxylic acids is 1. The number of benzene rings is 1. The molecule has 0 saturated heterocycles. The number of hydrogen-bond acceptors (Lipinski definition) is 3. The summed E-state index contributed by atoms with van der Waals surface area (Å²) in [6, 6.07) is 5.36. The largest absolute Gasteiger partial charge is 0.462 e. The van der Waals surface area contributed by atoms with E-state index in [9.17, 15) is 18.0 Å². The number of hydrogen-bond donors (Lipinski definition) is 0. The lowest BCUT2D eigenvalue weighted by molar-refractivity contribution is -0.155. The average Bonchev–Trinajstić information content (AvgIpc) is 2.54. The Bertz CT molecular complexity index is 647. The van der Waals surface area contributed by atoms with E-state index < -0.39 is 23.4 Å².